The van der Waals surface area contributed by atoms with Crippen LogP contribution in [0.2, 0.25) is 0 Å². The second-order valence-electron chi connectivity index (χ2n) is 15.3. The second kappa shape index (κ2) is 14.4. The normalized spacial score (nSPS) is 45.3. The number of carbonyl (C=O) groups excluding carboxylic acids is 1. The van der Waals surface area contributed by atoms with E-state index >= 15 is 0 Å². The molecule has 6 fully saturated rings. The zero-order valence-electron chi connectivity index (χ0n) is 26.0. The van der Waals surface area contributed by atoms with E-state index in [4.69, 9.17) is 4.74 Å². The number of unbranched alkanes of at least 4 members (excludes halogenated alkanes) is 2. The molecule has 0 spiro atoms. The minimum absolute atomic E-state index is 0.0797. The van der Waals surface area contributed by atoms with Crippen molar-refractivity contribution in [2.75, 3.05) is 0 Å². The van der Waals surface area contributed by atoms with Crippen LogP contribution >= 0.6 is 0 Å². The molecule has 0 amide bonds. The van der Waals surface area contributed by atoms with Crippen molar-refractivity contribution in [3.63, 3.8) is 0 Å². The fraction of sp³-hybridized carbons (Fsp3) is 0.971. The predicted octanol–water partition coefficient (Wildman–Crippen LogP) is 6.61. The van der Waals surface area contributed by atoms with Gasteiger partial charge in [0.2, 0.25) is 0 Å². The molecule has 5 saturated carbocycles. The van der Waals surface area contributed by atoms with Crippen molar-refractivity contribution in [2.45, 2.75) is 172 Å². The van der Waals surface area contributed by atoms with Gasteiger partial charge in [-0.25, -0.2) is 0 Å². The number of hydrogen-bond donors (Lipinski definition) is 4. The van der Waals surface area contributed by atoms with Crippen molar-refractivity contribution in [3.05, 3.63) is 0 Å². The van der Waals surface area contributed by atoms with Gasteiger partial charge in [0.25, 0.3) is 0 Å². The van der Waals surface area contributed by atoms with E-state index in [1.165, 1.54) is 89.9 Å². The Labute approximate surface area is 250 Å². The third-order valence-electron chi connectivity index (χ3n) is 12.7. The second-order valence-corrected chi connectivity index (χ2v) is 15.3. The van der Waals surface area contributed by atoms with E-state index in [9.17, 15) is 9.90 Å². The average molecular weight is 572 g/mol. The molecule has 5 aliphatic carbocycles. The number of aliphatic hydroxyl groups is 1. The molecule has 6 nitrogen and oxygen atoms in total. The quantitative estimate of drug-likeness (QED) is 0.194. The third kappa shape index (κ3) is 7.52. The summed E-state index contributed by atoms with van der Waals surface area (Å²) in [7, 11) is 0. The molecule has 234 valence electrons. The van der Waals surface area contributed by atoms with Crippen molar-refractivity contribution >= 4 is 5.97 Å². The maximum absolute atomic E-state index is 12.4. The van der Waals surface area contributed by atoms with E-state index in [0.29, 0.717) is 37.0 Å². The van der Waals surface area contributed by atoms with E-state index in [-0.39, 0.29) is 24.2 Å². The topological polar surface area (TPSA) is 82.6 Å². The molecule has 4 N–H and O–H groups in total. The first-order valence-corrected chi connectivity index (χ1v) is 18.2. The fourth-order valence-corrected chi connectivity index (χ4v) is 10.3. The molecule has 0 bridgehead atoms. The molecular formula is C35H61N3O3. The van der Waals surface area contributed by atoms with Gasteiger partial charge in [-0.3, -0.25) is 20.7 Å². The van der Waals surface area contributed by atoms with Crippen LogP contribution in [0.4, 0.5) is 0 Å². The Morgan fingerprint density at radius 2 is 1.17 bits per heavy atom. The molecule has 6 aliphatic rings. The van der Waals surface area contributed by atoms with Crippen LogP contribution in [0, 0.1) is 41.4 Å². The Bertz CT molecular complexity index is 797. The van der Waals surface area contributed by atoms with Gasteiger partial charge in [-0.2, -0.15) is 0 Å². The van der Waals surface area contributed by atoms with Crippen LogP contribution in [0.3, 0.4) is 0 Å². The van der Waals surface area contributed by atoms with Crippen molar-refractivity contribution < 1.29 is 14.6 Å². The lowest BCUT2D eigenvalue weighted by atomic mass is 9.66. The van der Waals surface area contributed by atoms with Gasteiger partial charge >= 0.3 is 5.97 Å². The number of rotatable bonds is 8. The van der Waals surface area contributed by atoms with Crippen molar-refractivity contribution in [3.8, 4) is 0 Å². The van der Waals surface area contributed by atoms with Crippen LogP contribution in [-0.2, 0) is 9.53 Å². The summed E-state index contributed by atoms with van der Waals surface area (Å²) >= 11 is 0. The van der Waals surface area contributed by atoms with Crippen LogP contribution in [0.15, 0.2) is 0 Å². The average Bonchev–Trinajstić information content (AvgIpc) is 3.00. The fourth-order valence-electron chi connectivity index (χ4n) is 10.3. The number of fused-ring (bicyclic) bond motifs is 2. The molecule has 41 heavy (non-hydrogen) atoms. The summed E-state index contributed by atoms with van der Waals surface area (Å²) in [6, 6.07) is 0. The largest absolute Gasteiger partial charge is 0.462 e. The standard InChI is InChI=1S/C35H61N3O3/c1-2-3-4-13-32(40)41-29-18-19-30(31(39)22-29)35-37-33(27-16-14-23-9-5-7-11-25(23)20-27)36-34(38-35)28-17-15-24-10-6-8-12-26(24)21-28/h23-31,33-39H,2-22H2,1H3. The summed E-state index contributed by atoms with van der Waals surface area (Å²) < 4.78 is 5.83. The van der Waals surface area contributed by atoms with E-state index in [1.807, 2.05) is 0 Å². The highest BCUT2D eigenvalue weighted by molar-refractivity contribution is 5.69. The summed E-state index contributed by atoms with van der Waals surface area (Å²) in [5.74, 6) is 5.23. The molecule has 11 atom stereocenters. The van der Waals surface area contributed by atoms with Crippen molar-refractivity contribution in [1.29, 1.82) is 0 Å². The van der Waals surface area contributed by atoms with Crippen LogP contribution < -0.4 is 16.0 Å². The van der Waals surface area contributed by atoms with Gasteiger partial charge < -0.3 is 9.84 Å². The first kappa shape index (κ1) is 30.3. The number of nitrogens with one attached hydrogen (secondary N) is 3. The van der Waals surface area contributed by atoms with Crippen molar-refractivity contribution in [2.24, 2.45) is 41.4 Å². The van der Waals surface area contributed by atoms with E-state index in [0.717, 1.165) is 55.8 Å². The van der Waals surface area contributed by atoms with Crippen LogP contribution in [0.5, 0.6) is 0 Å². The summed E-state index contributed by atoms with van der Waals surface area (Å²) in [5.41, 5.74) is 0. The molecular weight excluding hydrogens is 510 g/mol. The minimum atomic E-state index is -0.440. The number of esters is 1. The Kier molecular flexibility index (Phi) is 10.7. The lowest BCUT2D eigenvalue weighted by molar-refractivity contribution is -0.154. The number of hydrogen-bond acceptors (Lipinski definition) is 6. The zero-order chi connectivity index (χ0) is 28.2. The minimum Gasteiger partial charge on any atom is -0.462 e. The molecule has 0 radical (unpaired) electrons. The highest BCUT2D eigenvalue weighted by Gasteiger charge is 2.45. The lowest BCUT2D eigenvalue weighted by Crippen LogP contribution is -2.73. The van der Waals surface area contributed by atoms with E-state index < -0.39 is 6.10 Å². The molecule has 11 unspecified atom stereocenters. The van der Waals surface area contributed by atoms with Crippen molar-refractivity contribution in [1.82, 2.24) is 16.0 Å². The van der Waals surface area contributed by atoms with Gasteiger partial charge in [0.15, 0.2) is 0 Å². The molecule has 0 aromatic rings. The summed E-state index contributed by atoms with van der Waals surface area (Å²) in [6.45, 7) is 2.16. The SMILES string of the molecule is CCCCCC(=O)OC1CCC(C2NC(C3CCC4CCCCC4C3)NC(C3CCC4CCCCC4C3)N2)C(O)C1. The highest BCUT2D eigenvalue weighted by atomic mass is 16.5. The Morgan fingerprint density at radius 3 is 1.73 bits per heavy atom. The maximum atomic E-state index is 12.4. The molecule has 1 aliphatic heterocycles. The Hall–Kier alpha value is -0.690. The van der Waals surface area contributed by atoms with E-state index in [1.54, 1.807) is 0 Å². The van der Waals surface area contributed by atoms with Crippen LogP contribution in [-0.4, -0.2) is 41.8 Å². The molecule has 1 heterocycles. The predicted molar refractivity (Wildman–Crippen MR) is 164 cm³/mol. The summed E-state index contributed by atoms with van der Waals surface area (Å²) in [6.07, 6.45) is 25.9. The molecule has 6 heteroatoms. The number of carbonyl (C=O) groups is 1. The molecule has 0 aromatic heterocycles. The van der Waals surface area contributed by atoms with E-state index in [2.05, 4.69) is 22.9 Å². The van der Waals surface area contributed by atoms with Gasteiger partial charge in [0.1, 0.15) is 6.10 Å². The zero-order valence-corrected chi connectivity index (χ0v) is 26.0. The Balaban J connectivity index is 1.10. The van der Waals surface area contributed by atoms with Crippen LogP contribution in [0.25, 0.3) is 0 Å². The number of ether oxygens (including phenoxy) is 1. The first-order valence-electron chi connectivity index (χ1n) is 18.2. The number of aliphatic hydroxyl groups excluding tert-OH is 1. The summed E-state index contributed by atoms with van der Waals surface area (Å²) in [4.78, 5) is 12.4. The van der Waals surface area contributed by atoms with Gasteiger partial charge in [0.05, 0.1) is 24.6 Å². The molecule has 0 aromatic carbocycles. The summed E-state index contributed by atoms with van der Waals surface area (Å²) in [5, 5.41) is 23.7. The van der Waals surface area contributed by atoms with Gasteiger partial charge in [-0.1, -0.05) is 71.1 Å². The first-order chi connectivity index (χ1) is 20.1. The van der Waals surface area contributed by atoms with Gasteiger partial charge in [0, 0.05) is 18.8 Å². The lowest BCUT2D eigenvalue weighted by Gasteiger charge is -2.52. The Morgan fingerprint density at radius 1 is 0.634 bits per heavy atom. The van der Waals surface area contributed by atoms with Gasteiger partial charge in [-0.05, 0) is 93.3 Å². The smallest absolute Gasteiger partial charge is 0.306 e. The van der Waals surface area contributed by atoms with Crippen LogP contribution in [0.1, 0.15) is 142 Å². The highest BCUT2D eigenvalue weighted by Crippen LogP contribution is 2.46. The molecule has 6 rings (SSSR count). The third-order valence-corrected chi connectivity index (χ3v) is 12.7. The monoisotopic (exact) mass is 571 g/mol. The molecule has 1 saturated heterocycles. The van der Waals surface area contributed by atoms with Gasteiger partial charge in [-0.15, -0.1) is 0 Å². The maximum Gasteiger partial charge on any atom is 0.306 e.